The van der Waals surface area contributed by atoms with Crippen molar-refractivity contribution in [3.63, 3.8) is 0 Å². The molecule has 2 aliphatic rings. The van der Waals surface area contributed by atoms with E-state index < -0.39 is 0 Å². The van der Waals surface area contributed by atoms with Crippen LogP contribution in [0.3, 0.4) is 0 Å². The Hall–Kier alpha value is -1.35. The Kier molecular flexibility index (Phi) is 2.63. The summed E-state index contributed by atoms with van der Waals surface area (Å²) >= 11 is 0. The molecule has 90 valence electrons. The quantitative estimate of drug-likeness (QED) is 0.793. The maximum absolute atomic E-state index is 12.4. The van der Waals surface area contributed by atoms with Crippen LogP contribution in [0.1, 0.15) is 24.5 Å². The van der Waals surface area contributed by atoms with E-state index in [1.165, 1.54) is 11.1 Å². The van der Waals surface area contributed by atoms with Crippen molar-refractivity contribution >= 4 is 5.91 Å². The molecule has 3 nitrogen and oxygen atoms in total. The summed E-state index contributed by atoms with van der Waals surface area (Å²) in [6.07, 6.45) is 0.979. The van der Waals surface area contributed by atoms with Gasteiger partial charge in [0, 0.05) is 19.1 Å². The Morgan fingerprint density at radius 1 is 1.29 bits per heavy atom. The first-order valence-corrected chi connectivity index (χ1v) is 6.34. The van der Waals surface area contributed by atoms with Crippen molar-refractivity contribution in [1.82, 2.24) is 10.2 Å². The Morgan fingerprint density at radius 2 is 1.94 bits per heavy atom. The molecule has 2 atom stereocenters. The second-order valence-corrected chi connectivity index (χ2v) is 5.10. The first kappa shape index (κ1) is 10.8. The van der Waals surface area contributed by atoms with Gasteiger partial charge in [0.1, 0.15) is 0 Å². The van der Waals surface area contributed by atoms with Gasteiger partial charge in [0.25, 0.3) is 0 Å². The van der Waals surface area contributed by atoms with Gasteiger partial charge in [-0.2, -0.15) is 0 Å². The highest BCUT2D eigenvalue weighted by atomic mass is 16.2. The van der Waals surface area contributed by atoms with Crippen molar-refractivity contribution in [3.8, 4) is 0 Å². The van der Waals surface area contributed by atoms with Crippen molar-refractivity contribution < 1.29 is 4.79 Å². The van der Waals surface area contributed by atoms with Gasteiger partial charge in [-0.1, -0.05) is 24.3 Å². The molecule has 3 heteroatoms. The molecule has 2 aliphatic heterocycles. The van der Waals surface area contributed by atoms with E-state index in [2.05, 4.69) is 24.4 Å². The third-order valence-corrected chi connectivity index (χ3v) is 3.99. The summed E-state index contributed by atoms with van der Waals surface area (Å²) in [6, 6.07) is 8.67. The second-order valence-electron chi connectivity index (χ2n) is 5.10. The Labute approximate surface area is 102 Å². The monoisotopic (exact) mass is 230 g/mol. The van der Waals surface area contributed by atoms with Crippen molar-refractivity contribution in [2.75, 3.05) is 6.54 Å². The fraction of sp³-hybridized carbons (Fsp3) is 0.500. The smallest absolute Gasteiger partial charge is 0.227 e. The lowest BCUT2D eigenvalue weighted by Crippen LogP contribution is -2.37. The van der Waals surface area contributed by atoms with Crippen LogP contribution in [-0.4, -0.2) is 23.4 Å². The number of fused-ring (bicyclic) bond motifs is 1. The van der Waals surface area contributed by atoms with Crippen LogP contribution < -0.4 is 5.32 Å². The van der Waals surface area contributed by atoms with Crippen molar-refractivity contribution in [3.05, 3.63) is 35.4 Å². The summed E-state index contributed by atoms with van der Waals surface area (Å²) in [4.78, 5) is 14.4. The predicted octanol–water partition coefficient (Wildman–Crippen LogP) is 1.53. The van der Waals surface area contributed by atoms with Gasteiger partial charge in [0.15, 0.2) is 0 Å². The minimum absolute atomic E-state index is 0.171. The van der Waals surface area contributed by atoms with Crippen LogP contribution in [0.25, 0.3) is 0 Å². The van der Waals surface area contributed by atoms with Crippen LogP contribution in [0.5, 0.6) is 0 Å². The van der Waals surface area contributed by atoms with Crippen LogP contribution in [0.2, 0.25) is 0 Å². The zero-order valence-electron chi connectivity index (χ0n) is 10.1. The molecule has 1 aromatic carbocycles. The highest BCUT2D eigenvalue weighted by molar-refractivity contribution is 5.80. The Morgan fingerprint density at radius 3 is 2.47 bits per heavy atom. The van der Waals surface area contributed by atoms with Crippen LogP contribution in [-0.2, 0) is 17.9 Å². The molecule has 0 saturated carbocycles. The lowest BCUT2D eigenvalue weighted by atomic mass is 10.0. The second kappa shape index (κ2) is 4.15. The topological polar surface area (TPSA) is 32.3 Å². The maximum atomic E-state index is 12.4. The first-order chi connectivity index (χ1) is 8.25. The minimum atomic E-state index is 0.171. The minimum Gasteiger partial charge on any atom is -0.334 e. The zero-order valence-corrected chi connectivity index (χ0v) is 10.1. The molecule has 17 heavy (non-hydrogen) atoms. The molecule has 0 spiro atoms. The molecule has 2 heterocycles. The summed E-state index contributed by atoms with van der Waals surface area (Å²) in [6.45, 7) is 4.66. The molecular formula is C14H18N2O. The third-order valence-electron chi connectivity index (χ3n) is 3.99. The standard InChI is InChI=1S/C14H18N2O/c1-10-13(6-7-15-10)14(17)16-8-11-4-2-3-5-12(11)9-16/h2-5,10,13,15H,6-9H2,1H3. The van der Waals surface area contributed by atoms with Gasteiger partial charge in [-0.3, -0.25) is 4.79 Å². The molecule has 2 unspecified atom stereocenters. The molecule has 0 radical (unpaired) electrons. The van der Waals surface area contributed by atoms with Crippen molar-refractivity contribution in [1.29, 1.82) is 0 Å². The summed E-state index contributed by atoms with van der Waals surface area (Å²) < 4.78 is 0. The van der Waals surface area contributed by atoms with E-state index >= 15 is 0 Å². The van der Waals surface area contributed by atoms with Gasteiger partial charge in [-0.15, -0.1) is 0 Å². The summed E-state index contributed by atoms with van der Waals surface area (Å²) in [5.41, 5.74) is 2.61. The average Bonchev–Trinajstić information content (AvgIpc) is 2.93. The SMILES string of the molecule is CC1NCCC1C(=O)N1Cc2ccccc2C1. The van der Waals surface area contributed by atoms with Gasteiger partial charge < -0.3 is 10.2 Å². The summed E-state index contributed by atoms with van der Waals surface area (Å²) in [7, 11) is 0. The highest BCUT2D eigenvalue weighted by Crippen LogP contribution is 2.26. The summed E-state index contributed by atoms with van der Waals surface area (Å²) in [5.74, 6) is 0.489. The molecule has 1 saturated heterocycles. The van der Waals surface area contributed by atoms with Crippen LogP contribution in [0, 0.1) is 5.92 Å². The van der Waals surface area contributed by atoms with Gasteiger partial charge in [-0.05, 0) is 31.0 Å². The fourth-order valence-electron chi connectivity index (χ4n) is 2.92. The number of nitrogens with one attached hydrogen (secondary N) is 1. The van der Waals surface area contributed by atoms with Gasteiger partial charge in [0.05, 0.1) is 5.92 Å². The normalized spacial score (nSPS) is 27.2. The number of hydrogen-bond acceptors (Lipinski definition) is 2. The van der Waals surface area contributed by atoms with Crippen LogP contribution in [0.15, 0.2) is 24.3 Å². The highest BCUT2D eigenvalue weighted by Gasteiger charge is 2.34. The zero-order chi connectivity index (χ0) is 11.8. The molecule has 0 aromatic heterocycles. The van der Waals surface area contributed by atoms with Crippen LogP contribution in [0.4, 0.5) is 0 Å². The van der Waals surface area contributed by atoms with E-state index in [1.807, 2.05) is 17.0 Å². The van der Waals surface area contributed by atoms with Crippen molar-refractivity contribution in [2.45, 2.75) is 32.5 Å². The third kappa shape index (κ3) is 1.84. The van der Waals surface area contributed by atoms with E-state index in [9.17, 15) is 4.79 Å². The molecule has 1 aromatic rings. The van der Waals surface area contributed by atoms with E-state index in [1.54, 1.807) is 0 Å². The lowest BCUT2D eigenvalue weighted by molar-refractivity contribution is -0.136. The van der Waals surface area contributed by atoms with E-state index in [0.717, 1.165) is 26.1 Å². The molecule has 0 bridgehead atoms. The number of nitrogens with zero attached hydrogens (tertiary/aromatic N) is 1. The molecule has 3 rings (SSSR count). The number of hydrogen-bond donors (Lipinski definition) is 1. The van der Waals surface area contributed by atoms with E-state index in [-0.39, 0.29) is 5.92 Å². The number of rotatable bonds is 1. The number of carbonyl (C=O) groups excluding carboxylic acids is 1. The average molecular weight is 230 g/mol. The van der Waals surface area contributed by atoms with Crippen molar-refractivity contribution in [2.24, 2.45) is 5.92 Å². The molecule has 0 aliphatic carbocycles. The van der Waals surface area contributed by atoms with Gasteiger partial charge >= 0.3 is 0 Å². The number of benzene rings is 1. The lowest BCUT2D eigenvalue weighted by Gasteiger charge is -2.22. The molecule has 1 fully saturated rings. The Balaban J connectivity index is 1.74. The number of amides is 1. The van der Waals surface area contributed by atoms with E-state index in [0.29, 0.717) is 11.9 Å². The van der Waals surface area contributed by atoms with E-state index in [4.69, 9.17) is 0 Å². The van der Waals surface area contributed by atoms with Gasteiger partial charge in [0.2, 0.25) is 5.91 Å². The fourth-order valence-corrected chi connectivity index (χ4v) is 2.92. The predicted molar refractivity (Wildman–Crippen MR) is 66.3 cm³/mol. The molecule has 1 amide bonds. The largest absolute Gasteiger partial charge is 0.334 e. The molecule has 1 N–H and O–H groups in total. The van der Waals surface area contributed by atoms with Crippen LogP contribution >= 0.6 is 0 Å². The number of carbonyl (C=O) groups is 1. The van der Waals surface area contributed by atoms with Gasteiger partial charge in [-0.25, -0.2) is 0 Å². The summed E-state index contributed by atoms with van der Waals surface area (Å²) in [5, 5.41) is 3.35. The first-order valence-electron chi connectivity index (χ1n) is 6.34. The molecular weight excluding hydrogens is 212 g/mol. The Bertz CT molecular complexity index is 419. The maximum Gasteiger partial charge on any atom is 0.227 e.